The summed E-state index contributed by atoms with van der Waals surface area (Å²) >= 11 is 11.8. The van der Waals surface area contributed by atoms with Crippen LogP contribution in [0.4, 0.5) is 0 Å². The maximum Gasteiger partial charge on any atom is 0.218 e. The van der Waals surface area contributed by atoms with Crippen molar-refractivity contribution in [3.63, 3.8) is 0 Å². The van der Waals surface area contributed by atoms with Crippen molar-refractivity contribution in [1.82, 2.24) is 0 Å². The van der Waals surface area contributed by atoms with E-state index in [1.807, 2.05) is 6.07 Å². The molecular weight excluding hydrogens is 383 g/mol. The number of rotatable bonds is 5. The van der Waals surface area contributed by atoms with Gasteiger partial charge >= 0.3 is 0 Å². The largest absolute Gasteiger partial charge is 0.478 e. The summed E-state index contributed by atoms with van der Waals surface area (Å²) in [5.74, 6) is 0.282. The lowest BCUT2D eigenvalue weighted by molar-refractivity contribution is 0.367. The monoisotopic (exact) mass is 392 g/mol. The van der Waals surface area contributed by atoms with Crippen LogP contribution in [-0.2, 0) is 9.84 Å². The minimum Gasteiger partial charge on any atom is -0.478 e. The number of ether oxygens (including phenoxy) is 1. The Kier molecular flexibility index (Phi) is 6.06. The van der Waals surface area contributed by atoms with Gasteiger partial charge in [0.05, 0.1) is 9.92 Å². The molecule has 5 nitrogen and oxygen atoms in total. The van der Waals surface area contributed by atoms with Crippen LogP contribution in [0.25, 0.3) is 6.08 Å². The lowest BCUT2D eigenvalue weighted by Gasteiger charge is -2.08. The molecule has 25 heavy (non-hydrogen) atoms. The number of benzene rings is 2. The highest BCUT2D eigenvalue weighted by Crippen LogP contribution is 2.31. The smallest absolute Gasteiger partial charge is 0.218 e. The van der Waals surface area contributed by atoms with Crippen LogP contribution in [0.2, 0.25) is 10.0 Å². The summed E-state index contributed by atoms with van der Waals surface area (Å²) in [6, 6.07) is 13.9. The van der Waals surface area contributed by atoms with Crippen molar-refractivity contribution in [3.8, 4) is 17.9 Å². The molecule has 0 saturated heterocycles. The fourth-order valence-electron chi connectivity index (χ4n) is 1.95. The molecule has 0 amide bonds. The van der Waals surface area contributed by atoms with Gasteiger partial charge in [0.1, 0.15) is 22.8 Å². The number of halogens is 2. The van der Waals surface area contributed by atoms with Crippen molar-refractivity contribution < 1.29 is 13.2 Å². The molecule has 0 N–H and O–H groups in total. The molecule has 0 heterocycles. The number of nitrogens with zero attached hydrogens (tertiary/aromatic N) is 2. The van der Waals surface area contributed by atoms with Gasteiger partial charge in [0.15, 0.2) is 6.61 Å². The van der Waals surface area contributed by atoms with Gasteiger partial charge < -0.3 is 4.74 Å². The van der Waals surface area contributed by atoms with E-state index in [0.717, 1.165) is 0 Å². The third kappa shape index (κ3) is 4.32. The summed E-state index contributed by atoms with van der Waals surface area (Å²) in [5, 5.41) is 18.1. The molecule has 2 rings (SSSR count). The second-order valence-electron chi connectivity index (χ2n) is 4.68. The van der Waals surface area contributed by atoms with Crippen LogP contribution in [0.5, 0.6) is 5.75 Å². The molecule has 2 aromatic rings. The summed E-state index contributed by atoms with van der Waals surface area (Å²) in [7, 11) is -4.18. The molecule has 0 aromatic heterocycles. The number of para-hydroxylation sites is 1. The predicted molar refractivity (Wildman–Crippen MR) is 94.8 cm³/mol. The number of nitriles is 2. The van der Waals surface area contributed by atoms with E-state index in [1.54, 1.807) is 30.3 Å². The van der Waals surface area contributed by atoms with Gasteiger partial charge in [0.25, 0.3) is 0 Å². The number of hydrogen-bond donors (Lipinski definition) is 0. The quantitative estimate of drug-likeness (QED) is 0.709. The zero-order valence-corrected chi connectivity index (χ0v) is 14.9. The van der Waals surface area contributed by atoms with Crippen LogP contribution in [0, 0.1) is 22.7 Å². The van der Waals surface area contributed by atoms with Gasteiger partial charge in [-0.2, -0.15) is 10.5 Å². The Morgan fingerprint density at radius 1 is 1.16 bits per heavy atom. The summed E-state index contributed by atoms with van der Waals surface area (Å²) in [5.41, 5.74) is 0.344. The molecule has 8 heteroatoms. The highest BCUT2D eigenvalue weighted by atomic mass is 35.5. The van der Waals surface area contributed by atoms with E-state index < -0.39 is 14.7 Å². The van der Waals surface area contributed by atoms with E-state index in [0.29, 0.717) is 5.56 Å². The number of hydrogen-bond acceptors (Lipinski definition) is 5. The Labute approximate surface area is 155 Å². The van der Waals surface area contributed by atoms with Crippen LogP contribution in [0.1, 0.15) is 5.56 Å². The molecule has 126 valence electrons. The van der Waals surface area contributed by atoms with Gasteiger partial charge in [-0.15, -0.1) is 0 Å². The highest BCUT2D eigenvalue weighted by Gasteiger charge is 2.24. The first-order valence-electron chi connectivity index (χ1n) is 6.81. The average Bonchev–Trinajstić information content (AvgIpc) is 2.60. The zero-order valence-electron chi connectivity index (χ0n) is 12.6. The minimum atomic E-state index is -4.18. The first-order chi connectivity index (χ1) is 11.9. The minimum absolute atomic E-state index is 0.0421. The van der Waals surface area contributed by atoms with Gasteiger partial charge in [-0.25, -0.2) is 8.42 Å². The van der Waals surface area contributed by atoms with Crippen molar-refractivity contribution in [3.05, 3.63) is 63.0 Å². The Bertz CT molecular complexity index is 1020. The van der Waals surface area contributed by atoms with Crippen LogP contribution >= 0.6 is 23.2 Å². The Hall–Kier alpha value is -2.51. The van der Waals surface area contributed by atoms with Gasteiger partial charge in [-0.1, -0.05) is 41.4 Å². The summed E-state index contributed by atoms with van der Waals surface area (Å²) in [6.07, 6.45) is 1.17. The molecule has 0 unspecified atom stereocenters. The SMILES string of the molecule is N#CCOc1ccccc1/C=C(\C#N)S(=O)(=O)c1cc(Cl)ccc1Cl. The first kappa shape index (κ1) is 18.8. The highest BCUT2D eigenvalue weighted by molar-refractivity contribution is 7.95. The molecular formula is C17H10Cl2N2O3S. The normalized spacial score (nSPS) is 11.4. The maximum absolute atomic E-state index is 12.7. The second kappa shape index (κ2) is 8.04. The third-order valence-corrected chi connectivity index (χ3v) is 5.46. The van der Waals surface area contributed by atoms with E-state index in [1.165, 1.54) is 24.3 Å². The summed E-state index contributed by atoms with van der Waals surface area (Å²) in [6.45, 7) is -0.209. The zero-order chi connectivity index (χ0) is 18.4. The fraction of sp³-hybridized carbons (Fsp3) is 0.0588. The topological polar surface area (TPSA) is 90.9 Å². The maximum atomic E-state index is 12.7. The molecule has 0 aliphatic heterocycles. The summed E-state index contributed by atoms with van der Waals surface area (Å²) in [4.78, 5) is -0.783. The van der Waals surface area contributed by atoms with Crippen molar-refractivity contribution in [2.45, 2.75) is 4.90 Å². The van der Waals surface area contributed by atoms with E-state index in [9.17, 15) is 13.7 Å². The van der Waals surface area contributed by atoms with Crippen LogP contribution in [-0.4, -0.2) is 15.0 Å². The van der Waals surface area contributed by atoms with E-state index >= 15 is 0 Å². The molecule has 0 aliphatic carbocycles. The van der Waals surface area contributed by atoms with Crippen molar-refractivity contribution in [1.29, 1.82) is 10.5 Å². The van der Waals surface area contributed by atoms with Crippen LogP contribution in [0.3, 0.4) is 0 Å². The lowest BCUT2D eigenvalue weighted by atomic mass is 10.2. The molecule has 0 bridgehead atoms. The van der Waals surface area contributed by atoms with Gasteiger partial charge in [0.2, 0.25) is 9.84 Å². The molecule has 0 saturated carbocycles. The van der Waals surface area contributed by atoms with Gasteiger partial charge in [-0.05, 0) is 30.3 Å². The van der Waals surface area contributed by atoms with E-state index in [4.69, 9.17) is 33.2 Å². The van der Waals surface area contributed by atoms with Crippen LogP contribution in [0.15, 0.2) is 52.3 Å². The molecule has 0 atom stereocenters. The van der Waals surface area contributed by atoms with Crippen molar-refractivity contribution in [2.75, 3.05) is 6.61 Å². The van der Waals surface area contributed by atoms with Crippen molar-refractivity contribution >= 4 is 39.1 Å². The number of sulfone groups is 1. The fourth-order valence-corrected chi connectivity index (χ4v) is 3.86. The molecule has 2 aromatic carbocycles. The van der Waals surface area contributed by atoms with E-state index in [-0.39, 0.29) is 27.3 Å². The Balaban J connectivity index is 2.57. The third-order valence-electron chi connectivity index (χ3n) is 3.08. The van der Waals surface area contributed by atoms with Crippen molar-refractivity contribution in [2.24, 2.45) is 0 Å². The summed E-state index contributed by atoms with van der Waals surface area (Å²) < 4.78 is 30.7. The molecule has 0 fully saturated rings. The van der Waals surface area contributed by atoms with Gasteiger partial charge in [0, 0.05) is 10.6 Å². The van der Waals surface area contributed by atoms with E-state index in [2.05, 4.69) is 0 Å². The molecule has 0 radical (unpaired) electrons. The molecule has 0 aliphatic rings. The Morgan fingerprint density at radius 2 is 1.88 bits per heavy atom. The standard InChI is InChI=1S/C17H10Cl2N2O3S/c18-13-5-6-15(19)17(10-13)25(22,23)14(11-21)9-12-3-1-2-4-16(12)24-8-7-20/h1-6,9-10H,8H2/b14-9+. The Morgan fingerprint density at radius 3 is 2.56 bits per heavy atom. The van der Waals surface area contributed by atoms with Gasteiger partial charge in [-0.3, -0.25) is 0 Å². The molecule has 0 spiro atoms. The van der Waals surface area contributed by atoms with Crippen LogP contribution < -0.4 is 4.74 Å². The number of allylic oxidation sites excluding steroid dienone is 1. The average molecular weight is 393 g/mol. The second-order valence-corrected chi connectivity index (χ2v) is 7.41. The first-order valence-corrected chi connectivity index (χ1v) is 9.04. The lowest BCUT2D eigenvalue weighted by Crippen LogP contribution is -2.05. The predicted octanol–water partition coefficient (Wildman–Crippen LogP) is 4.23.